The molecule has 0 fully saturated rings. The smallest absolute Gasteiger partial charge is 0.338 e. The molecule has 0 amide bonds. The number of ether oxygens (including phenoxy) is 2. The molecule has 1 N–H and O–H groups in total. The normalized spacial score (nSPS) is 9.76. The van der Waals surface area contributed by atoms with Crippen molar-refractivity contribution in [3.8, 4) is 23.3 Å². The minimum Gasteiger partial charge on any atom is -0.497 e. The largest absolute Gasteiger partial charge is 0.497 e. The van der Waals surface area contributed by atoms with Crippen LogP contribution in [0.25, 0.3) is 0 Å². The Balaban J connectivity index is 2.36. The van der Waals surface area contributed by atoms with E-state index in [1.54, 1.807) is 6.07 Å². The van der Waals surface area contributed by atoms with Crippen molar-refractivity contribution in [1.82, 2.24) is 0 Å². The van der Waals surface area contributed by atoms with E-state index in [9.17, 15) is 9.18 Å². The molecule has 5 nitrogen and oxygen atoms in total. The fourth-order valence-electron chi connectivity index (χ4n) is 1.67. The van der Waals surface area contributed by atoms with Gasteiger partial charge in [0.25, 0.3) is 0 Å². The molecular formula is C15H10FNO4. The van der Waals surface area contributed by atoms with Gasteiger partial charge in [-0.2, -0.15) is 5.26 Å². The molecular weight excluding hydrogens is 277 g/mol. The standard InChI is InChI=1S/C15H10FNO4/c1-20-10-3-2-9(8-17)14(7-10)21-11-4-5-12(15(18)19)13(16)6-11/h2-7H,1H3,(H,18,19). The van der Waals surface area contributed by atoms with Crippen molar-refractivity contribution in [1.29, 1.82) is 5.26 Å². The van der Waals surface area contributed by atoms with Gasteiger partial charge >= 0.3 is 5.97 Å². The highest BCUT2D eigenvalue weighted by Gasteiger charge is 2.12. The van der Waals surface area contributed by atoms with E-state index in [0.717, 1.165) is 12.1 Å². The minimum absolute atomic E-state index is 0.0854. The van der Waals surface area contributed by atoms with Gasteiger partial charge in [-0.1, -0.05) is 0 Å². The van der Waals surface area contributed by atoms with Gasteiger partial charge in [-0.3, -0.25) is 0 Å². The maximum absolute atomic E-state index is 13.6. The van der Waals surface area contributed by atoms with Crippen molar-refractivity contribution in [3.05, 3.63) is 53.3 Å². The topological polar surface area (TPSA) is 79.5 Å². The number of carbonyl (C=O) groups is 1. The number of rotatable bonds is 4. The summed E-state index contributed by atoms with van der Waals surface area (Å²) in [4.78, 5) is 10.7. The number of nitrogens with zero attached hydrogens (tertiary/aromatic N) is 1. The van der Waals surface area contributed by atoms with E-state index in [-0.39, 0.29) is 17.1 Å². The van der Waals surface area contributed by atoms with Crippen LogP contribution in [0.5, 0.6) is 17.2 Å². The van der Waals surface area contributed by atoms with Gasteiger partial charge in [-0.15, -0.1) is 0 Å². The van der Waals surface area contributed by atoms with Gasteiger partial charge in [0.2, 0.25) is 0 Å². The first-order valence-electron chi connectivity index (χ1n) is 5.84. The highest BCUT2D eigenvalue weighted by Crippen LogP contribution is 2.29. The van der Waals surface area contributed by atoms with E-state index < -0.39 is 17.3 Å². The summed E-state index contributed by atoms with van der Waals surface area (Å²) in [5.74, 6) is -1.52. The molecule has 2 aromatic rings. The van der Waals surface area contributed by atoms with E-state index in [2.05, 4.69) is 0 Å². The molecule has 2 rings (SSSR count). The van der Waals surface area contributed by atoms with Crippen molar-refractivity contribution in [2.24, 2.45) is 0 Å². The molecule has 21 heavy (non-hydrogen) atoms. The third kappa shape index (κ3) is 3.09. The lowest BCUT2D eigenvalue weighted by Gasteiger charge is -2.09. The highest BCUT2D eigenvalue weighted by molar-refractivity contribution is 5.88. The summed E-state index contributed by atoms with van der Waals surface area (Å²) in [5.41, 5.74) is -0.202. The first-order chi connectivity index (χ1) is 10.0. The predicted molar refractivity (Wildman–Crippen MR) is 71.1 cm³/mol. The Labute approximate surface area is 119 Å². The number of hydrogen-bond acceptors (Lipinski definition) is 4. The van der Waals surface area contributed by atoms with Gasteiger partial charge in [-0.25, -0.2) is 9.18 Å². The highest BCUT2D eigenvalue weighted by atomic mass is 19.1. The van der Waals surface area contributed by atoms with Crippen LogP contribution in [0.2, 0.25) is 0 Å². The van der Waals surface area contributed by atoms with Gasteiger partial charge < -0.3 is 14.6 Å². The van der Waals surface area contributed by atoms with Gasteiger partial charge in [-0.05, 0) is 24.3 Å². The molecule has 0 aliphatic heterocycles. The monoisotopic (exact) mass is 287 g/mol. The van der Waals surface area contributed by atoms with E-state index in [1.807, 2.05) is 6.07 Å². The molecule has 106 valence electrons. The first kappa shape index (κ1) is 14.3. The van der Waals surface area contributed by atoms with Crippen LogP contribution in [0, 0.1) is 17.1 Å². The fraction of sp³-hybridized carbons (Fsp3) is 0.0667. The zero-order valence-corrected chi connectivity index (χ0v) is 11.0. The Hall–Kier alpha value is -3.07. The van der Waals surface area contributed by atoms with Crippen LogP contribution in [-0.4, -0.2) is 18.2 Å². The number of methoxy groups -OCH3 is 1. The van der Waals surface area contributed by atoms with Crippen LogP contribution in [0.1, 0.15) is 15.9 Å². The van der Waals surface area contributed by atoms with Crippen LogP contribution in [0.15, 0.2) is 36.4 Å². The van der Waals surface area contributed by atoms with Crippen molar-refractivity contribution in [2.45, 2.75) is 0 Å². The number of aromatic carboxylic acids is 1. The molecule has 0 aliphatic carbocycles. The Morgan fingerprint density at radius 2 is 1.95 bits per heavy atom. The Bertz CT molecular complexity index is 737. The molecule has 0 atom stereocenters. The second-order valence-corrected chi connectivity index (χ2v) is 4.02. The molecule has 0 aliphatic rings. The predicted octanol–water partition coefficient (Wildman–Crippen LogP) is 3.20. The summed E-state index contributed by atoms with van der Waals surface area (Å²) >= 11 is 0. The zero-order valence-electron chi connectivity index (χ0n) is 11.0. The van der Waals surface area contributed by atoms with Crippen molar-refractivity contribution in [2.75, 3.05) is 7.11 Å². The molecule has 0 radical (unpaired) electrons. The third-order valence-corrected chi connectivity index (χ3v) is 2.71. The molecule has 0 saturated carbocycles. The summed E-state index contributed by atoms with van der Waals surface area (Å²) in [5, 5.41) is 17.8. The van der Waals surface area contributed by atoms with Gasteiger partial charge in [0.05, 0.1) is 18.2 Å². The first-order valence-corrected chi connectivity index (χ1v) is 5.84. The quantitative estimate of drug-likeness (QED) is 0.934. The number of carboxylic acids is 1. The van der Waals surface area contributed by atoms with Crippen molar-refractivity contribution >= 4 is 5.97 Å². The van der Waals surface area contributed by atoms with Gasteiger partial charge in [0.15, 0.2) is 0 Å². The summed E-state index contributed by atoms with van der Waals surface area (Å²) in [6, 6.07) is 9.90. The lowest BCUT2D eigenvalue weighted by molar-refractivity contribution is 0.0692. The van der Waals surface area contributed by atoms with Crippen molar-refractivity contribution in [3.63, 3.8) is 0 Å². The van der Waals surface area contributed by atoms with Crippen LogP contribution in [-0.2, 0) is 0 Å². The fourth-order valence-corrected chi connectivity index (χ4v) is 1.67. The summed E-state index contributed by atoms with van der Waals surface area (Å²) in [6.07, 6.45) is 0. The van der Waals surface area contributed by atoms with E-state index in [1.165, 1.54) is 25.3 Å². The molecule has 0 aromatic heterocycles. The van der Waals surface area contributed by atoms with Crippen molar-refractivity contribution < 1.29 is 23.8 Å². The lowest BCUT2D eigenvalue weighted by Crippen LogP contribution is -2.00. The zero-order chi connectivity index (χ0) is 15.4. The maximum Gasteiger partial charge on any atom is 0.338 e. The van der Waals surface area contributed by atoms with E-state index >= 15 is 0 Å². The molecule has 0 spiro atoms. The van der Waals surface area contributed by atoms with Crippen LogP contribution in [0.3, 0.4) is 0 Å². The summed E-state index contributed by atoms with van der Waals surface area (Å²) in [7, 11) is 1.46. The lowest BCUT2D eigenvalue weighted by atomic mass is 10.2. The number of halogens is 1. The van der Waals surface area contributed by atoms with Crippen LogP contribution < -0.4 is 9.47 Å². The molecule has 0 heterocycles. The summed E-state index contributed by atoms with van der Waals surface area (Å²) in [6.45, 7) is 0. The Morgan fingerprint density at radius 3 is 2.52 bits per heavy atom. The number of benzene rings is 2. The Morgan fingerprint density at radius 1 is 1.24 bits per heavy atom. The minimum atomic E-state index is -1.36. The SMILES string of the molecule is COc1ccc(C#N)c(Oc2ccc(C(=O)O)c(F)c2)c1. The number of hydrogen-bond donors (Lipinski definition) is 1. The van der Waals surface area contributed by atoms with E-state index in [0.29, 0.717) is 5.75 Å². The molecule has 6 heteroatoms. The van der Waals surface area contributed by atoms with Gasteiger partial charge in [0.1, 0.15) is 29.1 Å². The second-order valence-electron chi connectivity index (χ2n) is 4.02. The van der Waals surface area contributed by atoms with Crippen LogP contribution in [0.4, 0.5) is 4.39 Å². The maximum atomic E-state index is 13.6. The number of nitriles is 1. The molecule has 2 aromatic carbocycles. The molecule has 0 unspecified atom stereocenters. The second kappa shape index (κ2) is 5.92. The summed E-state index contributed by atoms with van der Waals surface area (Å²) < 4.78 is 24.0. The van der Waals surface area contributed by atoms with Crippen LogP contribution >= 0.6 is 0 Å². The molecule has 0 bridgehead atoms. The third-order valence-electron chi connectivity index (χ3n) is 2.71. The van der Waals surface area contributed by atoms with E-state index in [4.69, 9.17) is 19.8 Å². The Kier molecular flexibility index (Phi) is 4.05. The average molecular weight is 287 g/mol. The number of carboxylic acid groups (broad SMARTS) is 1. The average Bonchev–Trinajstić information content (AvgIpc) is 2.46. The van der Waals surface area contributed by atoms with Gasteiger partial charge in [0, 0.05) is 12.1 Å². The molecule has 0 saturated heterocycles.